The number of pyridine rings is 1. The van der Waals surface area contributed by atoms with Crippen molar-refractivity contribution in [3.05, 3.63) is 42.2 Å². The number of ketones is 1. The molecule has 0 amide bonds. The quantitative estimate of drug-likeness (QED) is 0.502. The second-order valence-corrected chi connectivity index (χ2v) is 2.61. The molecule has 0 aromatic carbocycles. The van der Waals surface area contributed by atoms with Crippen LogP contribution in [0.5, 0.6) is 0 Å². The van der Waals surface area contributed by atoms with E-state index in [1.807, 2.05) is 13.0 Å². The normalized spacial score (nSPS) is 9.42. The highest BCUT2D eigenvalue weighted by Crippen LogP contribution is 2.07. The first-order valence-electron chi connectivity index (χ1n) is 3.80. The summed E-state index contributed by atoms with van der Waals surface area (Å²) in [6, 6.07) is 1.83. The maximum atomic E-state index is 11.4. The minimum atomic E-state index is 0.0793. The molecule has 0 N–H and O–H groups in total. The first kappa shape index (κ1) is 8.65. The standard InChI is InChI=1S/C10H11NO/c1-3-4-10(12)9-7-11-6-5-8(9)2/h3,5-7H,1,4H2,2H3. The van der Waals surface area contributed by atoms with E-state index in [0.29, 0.717) is 12.0 Å². The van der Waals surface area contributed by atoms with Crippen molar-refractivity contribution in [2.24, 2.45) is 0 Å². The minimum Gasteiger partial charge on any atom is -0.294 e. The second kappa shape index (κ2) is 3.81. The van der Waals surface area contributed by atoms with E-state index in [1.54, 1.807) is 18.5 Å². The van der Waals surface area contributed by atoms with E-state index in [4.69, 9.17) is 0 Å². The summed E-state index contributed by atoms with van der Waals surface area (Å²) in [5.74, 6) is 0.0793. The largest absolute Gasteiger partial charge is 0.294 e. The van der Waals surface area contributed by atoms with E-state index in [9.17, 15) is 4.79 Å². The van der Waals surface area contributed by atoms with Crippen LogP contribution in [0.25, 0.3) is 0 Å². The average Bonchev–Trinajstić information content (AvgIpc) is 2.05. The van der Waals surface area contributed by atoms with Crippen molar-refractivity contribution in [3.8, 4) is 0 Å². The molecule has 0 saturated heterocycles. The molecular weight excluding hydrogens is 150 g/mol. The van der Waals surface area contributed by atoms with Crippen LogP contribution in [0.15, 0.2) is 31.1 Å². The molecule has 0 bridgehead atoms. The Labute approximate surface area is 71.9 Å². The van der Waals surface area contributed by atoms with Gasteiger partial charge in [-0.15, -0.1) is 6.58 Å². The van der Waals surface area contributed by atoms with Crippen molar-refractivity contribution in [1.29, 1.82) is 0 Å². The summed E-state index contributed by atoms with van der Waals surface area (Å²) in [4.78, 5) is 15.2. The predicted octanol–water partition coefficient (Wildman–Crippen LogP) is 2.15. The highest BCUT2D eigenvalue weighted by molar-refractivity contribution is 5.97. The lowest BCUT2D eigenvalue weighted by molar-refractivity contribution is 0.0995. The zero-order valence-corrected chi connectivity index (χ0v) is 7.08. The first-order valence-corrected chi connectivity index (χ1v) is 3.80. The molecule has 2 nitrogen and oxygen atoms in total. The van der Waals surface area contributed by atoms with Gasteiger partial charge in [-0.2, -0.15) is 0 Å². The lowest BCUT2D eigenvalue weighted by Gasteiger charge is -2.00. The first-order chi connectivity index (χ1) is 5.75. The van der Waals surface area contributed by atoms with E-state index >= 15 is 0 Å². The van der Waals surface area contributed by atoms with Crippen LogP contribution in [-0.2, 0) is 0 Å². The Morgan fingerprint density at radius 2 is 2.50 bits per heavy atom. The van der Waals surface area contributed by atoms with Gasteiger partial charge in [-0.1, -0.05) is 6.08 Å². The summed E-state index contributed by atoms with van der Waals surface area (Å²) in [7, 11) is 0. The van der Waals surface area contributed by atoms with Crippen LogP contribution in [0.4, 0.5) is 0 Å². The lowest BCUT2D eigenvalue weighted by atomic mass is 10.1. The van der Waals surface area contributed by atoms with Crippen molar-refractivity contribution in [2.75, 3.05) is 0 Å². The number of Topliss-reactive ketones (excluding diaryl/α,β-unsaturated/α-hetero) is 1. The van der Waals surface area contributed by atoms with E-state index in [1.165, 1.54) is 0 Å². The van der Waals surface area contributed by atoms with Crippen LogP contribution >= 0.6 is 0 Å². The molecule has 0 radical (unpaired) electrons. The summed E-state index contributed by atoms with van der Waals surface area (Å²) in [5, 5.41) is 0. The number of hydrogen-bond donors (Lipinski definition) is 0. The van der Waals surface area contributed by atoms with Crippen LogP contribution < -0.4 is 0 Å². The molecule has 2 heteroatoms. The van der Waals surface area contributed by atoms with Crippen molar-refractivity contribution in [3.63, 3.8) is 0 Å². The molecular formula is C10H11NO. The molecule has 12 heavy (non-hydrogen) atoms. The molecule has 1 aromatic rings. The van der Waals surface area contributed by atoms with Gasteiger partial charge in [0.2, 0.25) is 0 Å². The number of carbonyl (C=O) groups is 1. The molecule has 1 aromatic heterocycles. The monoisotopic (exact) mass is 161 g/mol. The fourth-order valence-corrected chi connectivity index (χ4v) is 0.997. The average molecular weight is 161 g/mol. The van der Waals surface area contributed by atoms with Gasteiger partial charge in [0.15, 0.2) is 5.78 Å². The Kier molecular flexibility index (Phi) is 2.75. The van der Waals surface area contributed by atoms with E-state index < -0.39 is 0 Å². The highest BCUT2D eigenvalue weighted by Gasteiger charge is 2.05. The van der Waals surface area contributed by atoms with Crippen LogP contribution in [-0.4, -0.2) is 10.8 Å². The third kappa shape index (κ3) is 1.78. The van der Waals surface area contributed by atoms with Gasteiger partial charge in [-0.05, 0) is 18.6 Å². The molecule has 1 rings (SSSR count). The van der Waals surface area contributed by atoms with E-state index in [2.05, 4.69) is 11.6 Å². The molecule has 62 valence electrons. The van der Waals surface area contributed by atoms with Crippen molar-refractivity contribution >= 4 is 5.78 Å². The third-order valence-corrected chi connectivity index (χ3v) is 1.67. The van der Waals surface area contributed by atoms with Gasteiger partial charge < -0.3 is 0 Å². The van der Waals surface area contributed by atoms with Gasteiger partial charge >= 0.3 is 0 Å². The van der Waals surface area contributed by atoms with Gasteiger partial charge in [0.25, 0.3) is 0 Å². The number of carbonyl (C=O) groups excluding carboxylic acids is 1. The molecule has 0 atom stereocenters. The zero-order chi connectivity index (χ0) is 8.97. The molecule has 0 saturated carbocycles. The van der Waals surface area contributed by atoms with Gasteiger partial charge in [0.1, 0.15) is 0 Å². The molecule has 1 heterocycles. The maximum Gasteiger partial charge on any atom is 0.168 e. The Hall–Kier alpha value is -1.44. The third-order valence-electron chi connectivity index (χ3n) is 1.67. The Balaban J connectivity index is 2.94. The summed E-state index contributed by atoms with van der Waals surface area (Å²) in [6.07, 6.45) is 5.27. The molecule has 0 unspecified atom stereocenters. The van der Waals surface area contributed by atoms with Gasteiger partial charge in [-0.3, -0.25) is 9.78 Å². The predicted molar refractivity (Wildman–Crippen MR) is 48.1 cm³/mol. The molecule has 0 fully saturated rings. The van der Waals surface area contributed by atoms with Crippen LogP contribution in [0.3, 0.4) is 0 Å². The summed E-state index contributed by atoms with van der Waals surface area (Å²) >= 11 is 0. The fourth-order valence-electron chi connectivity index (χ4n) is 0.997. The molecule has 0 aliphatic rings. The van der Waals surface area contributed by atoms with E-state index in [0.717, 1.165) is 5.56 Å². The molecule has 0 aliphatic heterocycles. The fraction of sp³-hybridized carbons (Fsp3) is 0.200. The Bertz CT molecular complexity index is 304. The summed E-state index contributed by atoms with van der Waals surface area (Å²) in [5.41, 5.74) is 1.66. The second-order valence-electron chi connectivity index (χ2n) is 2.61. The highest BCUT2D eigenvalue weighted by atomic mass is 16.1. The smallest absolute Gasteiger partial charge is 0.168 e. The zero-order valence-electron chi connectivity index (χ0n) is 7.08. The van der Waals surface area contributed by atoms with Crippen LogP contribution in [0, 0.1) is 6.92 Å². The van der Waals surface area contributed by atoms with Crippen molar-refractivity contribution in [2.45, 2.75) is 13.3 Å². The molecule has 0 spiro atoms. The summed E-state index contributed by atoms with van der Waals surface area (Å²) < 4.78 is 0. The number of allylic oxidation sites excluding steroid dienone is 1. The van der Waals surface area contributed by atoms with Gasteiger partial charge in [-0.25, -0.2) is 0 Å². The van der Waals surface area contributed by atoms with Gasteiger partial charge in [0.05, 0.1) is 0 Å². The topological polar surface area (TPSA) is 30.0 Å². The SMILES string of the molecule is C=CCC(=O)c1cnccc1C. The Morgan fingerprint density at radius 1 is 1.75 bits per heavy atom. The number of rotatable bonds is 3. The minimum absolute atomic E-state index is 0.0793. The maximum absolute atomic E-state index is 11.4. The van der Waals surface area contributed by atoms with Crippen molar-refractivity contribution < 1.29 is 4.79 Å². The van der Waals surface area contributed by atoms with Crippen molar-refractivity contribution in [1.82, 2.24) is 4.98 Å². The number of nitrogens with zero attached hydrogens (tertiary/aromatic N) is 1. The van der Waals surface area contributed by atoms with Gasteiger partial charge in [0, 0.05) is 24.4 Å². The van der Waals surface area contributed by atoms with Crippen LogP contribution in [0.2, 0.25) is 0 Å². The van der Waals surface area contributed by atoms with E-state index in [-0.39, 0.29) is 5.78 Å². The number of hydrogen-bond acceptors (Lipinski definition) is 2. The van der Waals surface area contributed by atoms with Crippen LogP contribution in [0.1, 0.15) is 22.3 Å². The Morgan fingerprint density at radius 3 is 3.08 bits per heavy atom. The molecule has 0 aliphatic carbocycles. The number of aryl methyl sites for hydroxylation is 1. The summed E-state index contributed by atoms with van der Waals surface area (Å²) in [6.45, 7) is 5.42. The number of aromatic nitrogens is 1. The lowest BCUT2D eigenvalue weighted by Crippen LogP contribution is -2.00.